The number of hydrogen-bond acceptors (Lipinski definition) is 3. The molecule has 0 aliphatic rings. The Morgan fingerprint density at radius 3 is 1.28 bits per heavy atom. The summed E-state index contributed by atoms with van der Waals surface area (Å²) in [6, 6.07) is 0. The van der Waals surface area contributed by atoms with E-state index in [1.54, 1.807) is 0 Å². The fourth-order valence-corrected chi connectivity index (χ4v) is 3.69. The zero-order chi connectivity index (χ0) is 14.2. The van der Waals surface area contributed by atoms with Gasteiger partial charge >= 0.3 is 8.80 Å². The Labute approximate surface area is 114 Å². The van der Waals surface area contributed by atoms with Crippen LogP contribution in [0, 0.1) is 12.0 Å². The molecule has 0 saturated heterocycles. The van der Waals surface area contributed by atoms with Crippen LogP contribution in [-0.2, 0) is 13.3 Å². The van der Waals surface area contributed by atoms with Gasteiger partial charge in [-0.3, -0.25) is 0 Å². The third kappa shape index (κ3) is 6.01. The maximum absolute atomic E-state index is 5.94. The highest BCUT2D eigenvalue weighted by Crippen LogP contribution is 2.19. The molecule has 0 radical (unpaired) electrons. The highest BCUT2D eigenvalue weighted by molar-refractivity contribution is 6.69. The largest absolute Gasteiger partial charge is 0.591 e. The SMILES string of the molecule is C#C[Si](OC(C)CC)(OC(C)CC)OC(C)CC. The molecule has 0 fully saturated rings. The van der Waals surface area contributed by atoms with Crippen molar-refractivity contribution in [1.82, 2.24) is 0 Å². The lowest BCUT2D eigenvalue weighted by Crippen LogP contribution is -2.50. The normalized spacial score (nSPS) is 19.6. The molecule has 3 atom stereocenters. The van der Waals surface area contributed by atoms with Crippen LogP contribution < -0.4 is 0 Å². The molecule has 0 saturated carbocycles. The maximum atomic E-state index is 5.94. The third-order valence-electron chi connectivity index (χ3n) is 2.97. The summed E-state index contributed by atoms with van der Waals surface area (Å²) in [6.07, 6.45) is 8.50. The van der Waals surface area contributed by atoms with Crippen molar-refractivity contribution >= 4 is 8.80 Å². The Balaban J connectivity index is 4.89. The van der Waals surface area contributed by atoms with Crippen molar-refractivity contribution in [3.8, 4) is 12.0 Å². The molecule has 0 aromatic carbocycles. The number of terminal acetylenes is 1. The zero-order valence-corrected chi connectivity index (χ0v) is 13.7. The summed E-state index contributed by atoms with van der Waals surface area (Å²) in [4.78, 5) is 0. The van der Waals surface area contributed by atoms with Gasteiger partial charge in [-0.2, -0.15) is 0 Å². The second-order valence-electron chi connectivity index (χ2n) is 4.71. The van der Waals surface area contributed by atoms with Crippen molar-refractivity contribution < 1.29 is 13.3 Å². The second-order valence-corrected chi connectivity index (χ2v) is 6.82. The minimum absolute atomic E-state index is 0.0563. The Morgan fingerprint density at radius 2 is 1.11 bits per heavy atom. The van der Waals surface area contributed by atoms with Crippen LogP contribution in [0.1, 0.15) is 60.8 Å². The standard InChI is InChI=1S/C14H28O3Si/c1-8-12(5)15-18(11-4,16-13(6)9-2)17-14(7)10-3/h4,12-14H,8-10H2,1-3,5-7H3. The van der Waals surface area contributed by atoms with Gasteiger partial charge in [-0.25, -0.2) is 0 Å². The van der Waals surface area contributed by atoms with Crippen LogP contribution in [0.5, 0.6) is 0 Å². The zero-order valence-electron chi connectivity index (χ0n) is 12.7. The van der Waals surface area contributed by atoms with Gasteiger partial charge in [0.1, 0.15) is 0 Å². The molecule has 0 rings (SSSR count). The Kier molecular flexibility index (Phi) is 8.54. The van der Waals surface area contributed by atoms with Gasteiger partial charge in [-0.15, -0.1) is 6.42 Å². The van der Waals surface area contributed by atoms with Crippen LogP contribution in [0.4, 0.5) is 0 Å². The first kappa shape index (κ1) is 17.7. The Bertz CT molecular complexity index is 231. The van der Waals surface area contributed by atoms with Gasteiger partial charge in [0, 0.05) is 18.3 Å². The fraction of sp³-hybridized carbons (Fsp3) is 0.857. The highest BCUT2D eigenvalue weighted by Gasteiger charge is 2.44. The lowest BCUT2D eigenvalue weighted by molar-refractivity contribution is 0.00169. The lowest BCUT2D eigenvalue weighted by atomic mass is 10.3. The predicted molar refractivity (Wildman–Crippen MR) is 77.1 cm³/mol. The molecule has 3 unspecified atom stereocenters. The van der Waals surface area contributed by atoms with Crippen LogP contribution in [0.2, 0.25) is 0 Å². The predicted octanol–water partition coefficient (Wildman–Crippen LogP) is 3.54. The molecule has 18 heavy (non-hydrogen) atoms. The molecule has 0 heterocycles. The Morgan fingerprint density at radius 1 is 0.833 bits per heavy atom. The van der Waals surface area contributed by atoms with E-state index in [4.69, 9.17) is 19.7 Å². The molecule has 0 bridgehead atoms. The fourth-order valence-electron chi connectivity index (χ4n) is 1.23. The second kappa shape index (κ2) is 8.71. The van der Waals surface area contributed by atoms with E-state index < -0.39 is 8.80 Å². The van der Waals surface area contributed by atoms with Gasteiger partial charge in [0.05, 0.1) is 0 Å². The van der Waals surface area contributed by atoms with Gasteiger partial charge in [0.2, 0.25) is 0 Å². The molecule has 0 spiro atoms. The van der Waals surface area contributed by atoms with Crippen molar-refractivity contribution in [3.63, 3.8) is 0 Å². The van der Waals surface area contributed by atoms with Crippen molar-refractivity contribution in [2.24, 2.45) is 0 Å². The summed E-state index contributed by atoms with van der Waals surface area (Å²) in [5.74, 6) is 0. The molecule has 0 aromatic heterocycles. The maximum Gasteiger partial charge on any atom is 0.591 e. The summed E-state index contributed by atoms with van der Waals surface area (Å²) in [5.41, 5.74) is 2.68. The van der Waals surface area contributed by atoms with Crippen LogP contribution in [0.25, 0.3) is 0 Å². The minimum Gasteiger partial charge on any atom is -0.361 e. The van der Waals surface area contributed by atoms with Crippen LogP contribution in [0.15, 0.2) is 0 Å². The summed E-state index contributed by atoms with van der Waals surface area (Å²) in [5, 5.41) is 0. The molecule has 106 valence electrons. The van der Waals surface area contributed by atoms with Gasteiger partial charge < -0.3 is 13.3 Å². The van der Waals surface area contributed by atoms with Crippen molar-refractivity contribution in [3.05, 3.63) is 0 Å². The average molecular weight is 272 g/mol. The molecular weight excluding hydrogens is 244 g/mol. The van der Waals surface area contributed by atoms with E-state index in [0.29, 0.717) is 0 Å². The summed E-state index contributed by atoms with van der Waals surface area (Å²) >= 11 is 0. The molecule has 0 aliphatic carbocycles. The van der Waals surface area contributed by atoms with Crippen LogP contribution >= 0.6 is 0 Å². The van der Waals surface area contributed by atoms with Crippen molar-refractivity contribution in [2.45, 2.75) is 79.1 Å². The molecule has 4 heteroatoms. The molecule has 0 N–H and O–H groups in total. The first-order chi connectivity index (χ1) is 8.42. The van der Waals surface area contributed by atoms with E-state index in [1.165, 1.54) is 0 Å². The number of rotatable bonds is 9. The lowest BCUT2D eigenvalue weighted by Gasteiger charge is -2.31. The molecular formula is C14H28O3Si. The number of hydrogen-bond donors (Lipinski definition) is 0. The molecule has 0 aromatic rings. The molecule has 0 amide bonds. The first-order valence-electron chi connectivity index (χ1n) is 6.94. The van der Waals surface area contributed by atoms with Crippen LogP contribution in [0.3, 0.4) is 0 Å². The summed E-state index contributed by atoms with van der Waals surface area (Å²) in [7, 11) is -2.99. The summed E-state index contributed by atoms with van der Waals surface area (Å²) in [6.45, 7) is 12.2. The van der Waals surface area contributed by atoms with E-state index in [1.807, 2.05) is 20.8 Å². The van der Waals surface area contributed by atoms with E-state index >= 15 is 0 Å². The quantitative estimate of drug-likeness (QED) is 0.474. The van der Waals surface area contributed by atoms with Crippen molar-refractivity contribution in [1.29, 1.82) is 0 Å². The first-order valence-corrected chi connectivity index (χ1v) is 8.66. The van der Waals surface area contributed by atoms with Gasteiger partial charge in [-0.05, 0) is 45.6 Å². The van der Waals surface area contributed by atoms with Gasteiger partial charge in [-0.1, -0.05) is 20.8 Å². The molecule has 3 nitrogen and oxygen atoms in total. The van der Waals surface area contributed by atoms with Crippen LogP contribution in [-0.4, -0.2) is 27.1 Å². The van der Waals surface area contributed by atoms with Crippen molar-refractivity contribution in [2.75, 3.05) is 0 Å². The minimum atomic E-state index is -2.99. The van der Waals surface area contributed by atoms with E-state index in [9.17, 15) is 0 Å². The Hall–Kier alpha value is -0.343. The third-order valence-corrected chi connectivity index (χ3v) is 5.46. The molecule has 0 aliphatic heterocycles. The van der Waals surface area contributed by atoms with Gasteiger partial charge in [0.15, 0.2) is 0 Å². The highest BCUT2D eigenvalue weighted by atomic mass is 28.4. The topological polar surface area (TPSA) is 27.7 Å². The van der Waals surface area contributed by atoms with E-state index in [-0.39, 0.29) is 18.3 Å². The summed E-state index contributed by atoms with van der Waals surface area (Å²) < 4.78 is 17.8. The average Bonchev–Trinajstić information content (AvgIpc) is 2.37. The monoisotopic (exact) mass is 272 g/mol. The van der Waals surface area contributed by atoms with E-state index in [2.05, 4.69) is 26.3 Å². The van der Waals surface area contributed by atoms with Gasteiger partial charge in [0.25, 0.3) is 0 Å². The van der Waals surface area contributed by atoms with E-state index in [0.717, 1.165) is 19.3 Å². The smallest absolute Gasteiger partial charge is 0.361 e.